The molecule has 21 heavy (non-hydrogen) atoms. The summed E-state index contributed by atoms with van der Waals surface area (Å²) in [6, 6.07) is 5.79. The molecule has 1 saturated carbocycles. The number of carbonyl (C=O) groups is 1. The predicted molar refractivity (Wildman–Crippen MR) is 75.3 cm³/mol. The van der Waals surface area contributed by atoms with Gasteiger partial charge in [0.25, 0.3) is 5.91 Å². The number of hydrogen-bond donors (Lipinski definition) is 1. The van der Waals surface area contributed by atoms with Crippen LogP contribution in [0.25, 0.3) is 0 Å². The van der Waals surface area contributed by atoms with E-state index < -0.39 is 24.0 Å². The molecule has 1 amide bonds. The Morgan fingerprint density at radius 2 is 2.00 bits per heavy atom. The number of amides is 1. The first-order valence-corrected chi connectivity index (χ1v) is 7.47. The normalized spacial score (nSPS) is 22.9. The van der Waals surface area contributed by atoms with Crippen molar-refractivity contribution < 1.29 is 18.0 Å². The molecule has 0 aliphatic heterocycles. The van der Waals surface area contributed by atoms with Gasteiger partial charge in [0, 0.05) is 17.5 Å². The molecule has 6 heteroatoms. The molecule has 1 aromatic carbocycles. The molecule has 2 rings (SSSR count). The Labute approximate surface area is 126 Å². The number of hydrogen-bond acceptors (Lipinski definition) is 1. The largest absolute Gasteiger partial charge is 0.393 e. The average Bonchev–Trinajstić information content (AvgIpc) is 2.46. The van der Waals surface area contributed by atoms with Crippen LogP contribution in [-0.4, -0.2) is 18.1 Å². The van der Waals surface area contributed by atoms with Crippen LogP contribution in [0.4, 0.5) is 13.2 Å². The van der Waals surface area contributed by atoms with Crippen LogP contribution in [0.2, 0.25) is 0 Å². The molecule has 0 spiro atoms. The van der Waals surface area contributed by atoms with Crippen LogP contribution < -0.4 is 5.32 Å². The summed E-state index contributed by atoms with van der Waals surface area (Å²) in [5.41, 5.74) is 1.11. The minimum Gasteiger partial charge on any atom is -0.349 e. The minimum atomic E-state index is -4.27. The van der Waals surface area contributed by atoms with Gasteiger partial charge in [-0.3, -0.25) is 4.79 Å². The quantitative estimate of drug-likeness (QED) is 0.828. The SMILES string of the molecule is O=C(NC1CCCCC1C(F)(F)F)c1cccc(CCl)c1. The highest BCUT2D eigenvalue weighted by molar-refractivity contribution is 6.17. The first-order chi connectivity index (χ1) is 9.91. The first kappa shape index (κ1) is 16.1. The minimum absolute atomic E-state index is 0.0795. The van der Waals surface area contributed by atoms with E-state index in [-0.39, 0.29) is 12.3 Å². The lowest BCUT2D eigenvalue weighted by Crippen LogP contribution is -2.47. The smallest absolute Gasteiger partial charge is 0.349 e. The summed E-state index contributed by atoms with van der Waals surface area (Å²) in [6.07, 6.45) is -2.56. The van der Waals surface area contributed by atoms with Gasteiger partial charge in [-0.15, -0.1) is 11.6 Å². The second-order valence-corrected chi connectivity index (χ2v) is 5.61. The lowest BCUT2D eigenvalue weighted by atomic mass is 9.84. The summed E-state index contributed by atoms with van der Waals surface area (Å²) in [5.74, 6) is -1.66. The van der Waals surface area contributed by atoms with E-state index in [0.29, 0.717) is 24.8 Å². The fourth-order valence-corrected chi connectivity index (χ4v) is 2.91. The fourth-order valence-electron chi connectivity index (χ4n) is 2.74. The van der Waals surface area contributed by atoms with Gasteiger partial charge >= 0.3 is 6.18 Å². The van der Waals surface area contributed by atoms with Crippen LogP contribution in [0.3, 0.4) is 0 Å². The van der Waals surface area contributed by atoms with Gasteiger partial charge in [0.2, 0.25) is 0 Å². The molecule has 0 aromatic heterocycles. The Hall–Kier alpha value is -1.23. The van der Waals surface area contributed by atoms with Crippen molar-refractivity contribution in [1.82, 2.24) is 5.32 Å². The molecule has 2 nitrogen and oxygen atoms in total. The number of nitrogens with one attached hydrogen (secondary N) is 1. The van der Waals surface area contributed by atoms with Crippen LogP contribution in [0.1, 0.15) is 41.6 Å². The zero-order valence-corrected chi connectivity index (χ0v) is 12.2. The third-order valence-electron chi connectivity index (χ3n) is 3.85. The van der Waals surface area contributed by atoms with Crippen LogP contribution in [0.5, 0.6) is 0 Å². The number of alkyl halides is 4. The van der Waals surface area contributed by atoms with Gasteiger partial charge in [0.15, 0.2) is 0 Å². The van der Waals surface area contributed by atoms with Gasteiger partial charge in [-0.05, 0) is 30.5 Å². The van der Waals surface area contributed by atoms with Crippen molar-refractivity contribution in [2.24, 2.45) is 5.92 Å². The standard InChI is InChI=1S/C15H17ClF3NO/c16-9-10-4-3-5-11(8-10)14(21)20-13-7-2-1-6-12(13)15(17,18)19/h3-5,8,12-13H,1-2,6-7,9H2,(H,20,21). The summed E-state index contributed by atoms with van der Waals surface area (Å²) in [5, 5.41) is 2.54. The van der Waals surface area contributed by atoms with Crippen molar-refractivity contribution in [2.45, 2.75) is 43.8 Å². The van der Waals surface area contributed by atoms with E-state index in [1.807, 2.05) is 0 Å². The van der Waals surface area contributed by atoms with E-state index in [2.05, 4.69) is 5.32 Å². The Kier molecular flexibility index (Phi) is 5.14. The molecule has 0 heterocycles. The van der Waals surface area contributed by atoms with Gasteiger partial charge in [-0.2, -0.15) is 13.2 Å². The van der Waals surface area contributed by atoms with Gasteiger partial charge in [0.1, 0.15) is 0 Å². The fraction of sp³-hybridized carbons (Fsp3) is 0.533. The van der Waals surface area contributed by atoms with Crippen molar-refractivity contribution in [2.75, 3.05) is 0 Å². The van der Waals surface area contributed by atoms with Crippen molar-refractivity contribution in [3.05, 3.63) is 35.4 Å². The Morgan fingerprint density at radius 3 is 2.67 bits per heavy atom. The Bertz CT molecular complexity index is 504. The van der Waals surface area contributed by atoms with Gasteiger partial charge in [-0.1, -0.05) is 25.0 Å². The molecular formula is C15H17ClF3NO. The number of benzene rings is 1. The van der Waals surface area contributed by atoms with Crippen molar-refractivity contribution in [1.29, 1.82) is 0 Å². The lowest BCUT2D eigenvalue weighted by Gasteiger charge is -2.33. The lowest BCUT2D eigenvalue weighted by molar-refractivity contribution is -0.187. The van der Waals surface area contributed by atoms with E-state index >= 15 is 0 Å². The van der Waals surface area contributed by atoms with E-state index in [1.165, 1.54) is 0 Å². The van der Waals surface area contributed by atoms with E-state index in [0.717, 1.165) is 5.56 Å². The van der Waals surface area contributed by atoms with Gasteiger partial charge in [0.05, 0.1) is 5.92 Å². The maximum atomic E-state index is 13.0. The molecule has 116 valence electrons. The molecule has 2 unspecified atom stereocenters. The van der Waals surface area contributed by atoms with Crippen LogP contribution in [0.15, 0.2) is 24.3 Å². The molecule has 1 N–H and O–H groups in total. The highest BCUT2D eigenvalue weighted by atomic mass is 35.5. The Balaban J connectivity index is 2.09. The average molecular weight is 320 g/mol. The van der Waals surface area contributed by atoms with Crippen molar-refractivity contribution in [3.63, 3.8) is 0 Å². The monoisotopic (exact) mass is 319 g/mol. The third kappa shape index (κ3) is 4.13. The third-order valence-corrected chi connectivity index (χ3v) is 4.15. The molecule has 1 aliphatic rings. The predicted octanol–water partition coefficient (Wildman–Crippen LogP) is 4.28. The van der Waals surface area contributed by atoms with E-state index in [4.69, 9.17) is 11.6 Å². The summed E-state index contributed by atoms with van der Waals surface area (Å²) in [6.45, 7) is 0. The molecule has 1 aliphatic carbocycles. The van der Waals surface area contributed by atoms with Crippen molar-refractivity contribution in [3.8, 4) is 0 Å². The molecule has 1 aromatic rings. The number of halogens is 4. The van der Waals surface area contributed by atoms with Gasteiger partial charge < -0.3 is 5.32 Å². The van der Waals surface area contributed by atoms with E-state index in [9.17, 15) is 18.0 Å². The highest BCUT2D eigenvalue weighted by Crippen LogP contribution is 2.37. The number of carbonyl (C=O) groups excluding carboxylic acids is 1. The van der Waals surface area contributed by atoms with Crippen molar-refractivity contribution >= 4 is 17.5 Å². The zero-order valence-electron chi connectivity index (χ0n) is 11.4. The topological polar surface area (TPSA) is 29.1 Å². The second kappa shape index (κ2) is 6.69. The summed E-state index contributed by atoms with van der Waals surface area (Å²) in [4.78, 5) is 12.1. The molecule has 0 saturated heterocycles. The molecule has 2 atom stereocenters. The van der Waals surface area contributed by atoms with Gasteiger partial charge in [-0.25, -0.2) is 0 Å². The maximum absolute atomic E-state index is 13.0. The second-order valence-electron chi connectivity index (χ2n) is 5.35. The van der Waals surface area contributed by atoms with Crippen LogP contribution in [-0.2, 0) is 5.88 Å². The van der Waals surface area contributed by atoms with Crippen LogP contribution >= 0.6 is 11.6 Å². The Morgan fingerprint density at radius 1 is 1.29 bits per heavy atom. The van der Waals surface area contributed by atoms with Crippen LogP contribution in [0, 0.1) is 5.92 Å². The number of rotatable bonds is 3. The first-order valence-electron chi connectivity index (χ1n) is 6.94. The maximum Gasteiger partial charge on any atom is 0.393 e. The molecule has 0 radical (unpaired) electrons. The zero-order chi connectivity index (χ0) is 15.5. The summed E-state index contributed by atoms with van der Waals surface area (Å²) >= 11 is 5.70. The summed E-state index contributed by atoms with van der Waals surface area (Å²) in [7, 11) is 0. The van der Waals surface area contributed by atoms with E-state index in [1.54, 1.807) is 24.3 Å². The highest BCUT2D eigenvalue weighted by Gasteiger charge is 2.45. The molecule has 0 bridgehead atoms. The summed E-state index contributed by atoms with van der Waals surface area (Å²) < 4.78 is 39.0. The molecule has 1 fully saturated rings. The molecular weight excluding hydrogens is 303 g/mol.